The molecule has 0 aromatic carbocycles. The van der Waals surface area contributed by atoms with Crippen molar-refractivity contribution in [2.75, 3.05) is 7.05 Å². The van der Waals surface area contributed by atoms with Gasteiger partial charge in [0.25, 0.3) is 0 Å². The number of hydrogen-bond donors (Lipinski definition) is 1. The number of rotatable bonds is 3. The van der Waals surface area contributed by atoms with Crippen molar-refractivity contribution < 1.29 is 4.79 Å². The van der Waals surface area contributed by atoms with Crippen LogP contribution in [0.15, 0.2) is 0 Å². The van der Waals surface area contributed by atoms with Crippen LogP contribution in [-0.2, 0) is 4.79 Å². The first-order valence-electron chi connectivity index (χ1n) is 5.95. The molecule has 1 amide bonds. The number of amides is 1. The lowest BCUT2D eigenvalue weighted by atomic mass is 9.93. The van der Waals surface area contributed by atoms with Crippen LogP contribution in [0.1, 0.15) is 52.4 Å². The van der Waals surface area contributed by atoms with Gasteiger partial charge in [0.15, 0.2) is 0 Å². The van der Waals surface area contributed by atoms with E-state index < -0.39 is 0 Å². The van der Waals surface area contributed by atoms with E-state index in [-0.39, 0.29) is 11.4 Å². The fourth-order valence-corrected chi connectivity index (χ4v) is 2.19. The predicted molar refractivity (Wildman–Crippen MR) is 62.5 cm³/mol. The molecule has 0 radical (unpaired) electrons. The second kappa shape index (κ2) is 4.97. The lowest BCUT2D eigenvalue weighted by Crippen LogP contribution is -2.44. The molecule has 0 aliphatic heterocycles. The molecular formula is C12H24N2O. The quantitative estimate of drug-likeness (QED) is 0.776. The molecule has 0 unspecified atom stereocenters. The van der Waals surface area contributed by atoms with Crippen LogP contribution in [0.5, 0.6) is 0 Å². The predicted octanol–water partition coefficient (Wildman–Crippen LogP) is 1.90. The topological polar surface area (TPSA) is 46.3 Å². The molecule has 0 spiro atoms. The van der Waals surface area contributed by atoms with Crippen molar-refractivity contribution in [2.45, 2.75) is 64.0 Å². The summed E-state index contributed by atoms with van der Waals surface area (Å²) in [6.07, 6.45) is 6.60. The van der Waals surface area contributed by atoms with Gasteiger partial charge in [0.2, 0.25) is 5.91 Å². The Balaban J connectivity index is 2.44. The third-order valence-corrected chi connectivity index (χ3v) is 3.12. The molecule has 0 atom stereocenters. The molecule has 3 heteroatoms. The first kappa shape index (κ1) is 12.5. The summed E-state index contributed by atoms with van der Waals surface area (Å²) in [6, 6.07) is 0.452. The Labute approximate surface area is 93.0 Å². The van der Waals surface area contributed by atoms with Crippen molar-refractivity contribution in [3.63, 3.8) is 0 Å². The summed E-state index contributed by atoms with van der Waals surface area (Å²) in [5.41, 5.74) is 5.47. The highest BCUT2D eigenvalue weighted by Gasteiger charge is 2.25. The van der Waals surface area contributed by atoms with Gasteiger partial charge in [-0.05, 0) is 26.7 Å². The van der Waals surface area contributed by atoms with Crippen LogP contribution in [0.25, 0.3) is 0 Å². The zero-order valence-electron chi connectivity index (χ0n) is 10.3. The van der Waals surface area contributed by atoms with E-state index >= 15 is 0 Å². The lowest BCUT2D eigenvalue weighted by molar-refractivity contribution is -0.133. The van der Waals surface area contributed by atoms with E-state index in [1.807, 2.05) is 25.8 Å². The summed E-state index contributed by atoms with van der Waals surface area (Å²) in [5, 5.41) is 0. The zero-order valence-corrected chi connectivity index (χ0v) is 10.3. The van der Waals surface area contributed by atoms with Crippen molar-refractivity contribution in [3.05, 3.63) is 0 Å². The number of carbonyl (C=O) groups excluding carboxylic acids is 1. The van der Waals surface area contributed by atoms with E-state index in [1.165, 1.54) is 19.3 Å². The largest absolute Gasteiger partial charge is 0.343 e. The highest BCUT2D eigenvalue weighted by Crippen LogP contribution is 2.22. The summed E-state index contributed by atoms with van der Waals surface area (Å²) in [6.45, 7) is 3.80. The van der Waals surface area contributed by atoms with E-state index in [9.17, 15) is 4.79 Å². The van der Waals surface area contributed by atoms with Crippen molar-refractivity contribution >= 4 is 5.91 Å². The maximum atomic E-state index is 11.9. The van der Waals surface area contributed by atoms with Gasteiger partial charge in [0.05, 0.1) is 0 Å². The Kier molecular flexibility index (Phi) is 4.14. The average molecular weight is 212 g/mol. The average Bonchev–Trinajstić information content (AvgIpc) is 2.15. The van der Waals surface area contributed by atoms with Crippen molar-refractivity contribution in [2.24, 2.45) is 5.73 Å². The van der Waals surface area contributed by atoms with Gasteiger partial charge >= 0.3 is 0 Å². The van der Waals surface area contributed by atoms with Crippen LogP contribution in [0, 0.1) is 0 Å². The second-order valence-electron chi connectivity index (χ2n) is 5.46. The second-order valence-corrected chi connectivity index (χ2v) is 5.46. The van der Waals surface area contributed by atoms with Crippen LogP contribution in [0.4, 0.5) is 0 Å². The summed E-state index contributed by atoms with van der Waals surface area (Å²) in [4.78, 5) is 13.8. The van der Waals surface area contributed by atoms with Crippen LogP contribution >= 0.6 is 0 Å². The van der Waals surface area contributed by atoms with Gasteiger partial charge in [-0.2, -0.15) is 0 Å². The number of hydrogen-bond acceptors (Lipinski definition) is 2. The van der Waals surface area contributed by atoms with Gasteiger partial charge in [-0.25, -0.2) is 0 Å². The van der Waals surface area contributed by atoms with Crippen LogP contribution < -0.4 is 5.73 Å². The molecule has 1 aliphatic carbocycles. The van der Waals surface area contributed by atoms with Gasteiger partial charge < -0.3 is 10.6 Å². The highest BCUT2D eigenvalue weighted by molar-refractivity contribution is 5.77. The Bertz CT molecular complexity index is 214. The third kappa shape index (κ3) is 4.20. The molecule has 1 saturated carbocycles. The van der Waals surface area contributed by atoms with E-state index in [0.29, 0.717) is 12.5 Å². The van der Waals surface area contributed by atoms with Crippen molar-refractivity contribution in [3.8, 4) is 0 Å². The Hall–Kier alpha value is -0.570. The molecule has 2 N–H and O–H groups in total. The molecule has 1 aliphatic rings. The normalized spacial score (nSPS) is 18.9. The van der Waals surface area contributed by atoms with Crippen LogP contribution in [-0.4, -0.2) is 29.4 Å². The summed E-state index contributed by atoms with van der Waals surface area (Å²) >= 11 is 0. The summed E-state index contributed by atoms with van der Waals surface area (Å²) in [7, 11) is 1.92. The molecule has 0 saturated heterocycles. The minimum absolute atomic E-state index is 0.189. The maximum Gasteiger partial charge on any atom is 0.224 e. The number of carbonyl (C=O) groups is 1. The van der Waals surface area contributed by atoms with Gasteiger partial charge in [-0.15, -0.1) is 0 Å². The smallest absolute Gasteiger partial charge is 0.224 e. The van der Waals surface area contributed by atoms with Crippen molar-refractivity contribution in [1.29, 1.82) is 0 Å². The molecule has 1 rings (SSSR count). The molecule has 0 aromatic rings. The summed E-state index contributed by atoms with van der Waals surface area (Å²) < 4.78 is 0. The molecule has 15 heavy (non-hydrogen) atoms. The third-order valence-electron chi connectivity index (χ3n) is 3.12. The first-order valence-corrected chi connectivity index (χ1v) is 5.95. The van der Waals surface area contributed by atoms with Gasteiger partial charge in [0, 0.05) is 25.0 Å². The Morgan fingerprint density at radius 1 is 1.33 bits per heavy atom. The Morgan fingerprint density at radius 2 is 1.87 bits per heavy atom. The SMILES string of the molecule is CN(C(=O)CC(C)(C)N)C1CCCCC1. The van der Waals surface area contributed by atoms with Gasteiger partial charge in [-0.1, -0.05) is 19.3 Å². The van der Waals surface area contributed by atoms with E-state index in [2.05, 4.69) is 0 Å². The number of nitrogens with zero attached hydrogens (tertiary/aromatic N) is 1. The maximum absolute atomic E-state index is 11.9. The molecule has 0 heterocycles. The fraction of sp³-hybridized carbons (Fsp3) is 0.917. The lowest BCUT2D eigenvalue weighted by Gasteiger charge is -2.33. The van der Waals surface area contributed by atoms with Gasteiger partial charge in [-0.3, -0.25) is 4.79 Å². The molecule has 0 aromatic heterocycles. The first-order chi connectivity index (χ1) is 6.90. The minimum atomic E-state index is -0.389. The summed E-state index contributed by atoms with van der Waals surface area (Å²) in [5.74, 6) is 0.189. The standard InChI is InChI=1S/C12H24N2O/c1-12(2,13)9-11(15)14(3)10-7-5-4-6-8-10/h10H,4-9,13H2,1-3H3. The zero-order chi connectivity index (χ0) is 11.5. The van der Waals surface area contributed by atoms with Crippen molar-refractivity contribution in [1.82, 2.24) is 4.90 Å². The van der Waals surface area contributed by atoms with E-state index in [0.717, 1.165) is 12.8 Å². The van der Waals surface area contributed by atoms with Gasteiger partial charge in [0.1, 0.15) is 0 Å². The molecule has 3 nitrogen and oxygen atoms in total. The van der Waals surface area contributed by atoms with E-state index in [1.54, 1.807) is 0 Å². The number of nitrogens with two attached hydrogens (primary N) is 1. The fourth-order valence-electron chi connectivity index (χ4n) is 2.19. The molecule has 0 bridgehead atoms. The van der Waals surface area contributed by atoms with Crippen LogP contribution in [0.2, 0.25) is 0 Å². The molecule has 88 valence electrons. The van der Waals surface area contributed by atoms with Crippen LogP contribution in [0.3, 0.4) is 0 Å². The Morgan fingerprint density at radius 3 is 2.33 bits per heavy atom. The minimum Gasteiger partial charge on any atom is -0.343 e. The monoisotopic (exact) mass is 212 g/mol. The highest BCUT2D eigenvalue weighted by atomic mass is 16.2. The van der Waals surface area contributed by atoms with E-state index in [4.69, 9.17) is 5.73 Å². The molecular weight excluding hydrogens is 188 g/mol. The molecule has 1 fully saturated rings.